The van der Waals surface area contributed by atoms with Crippen LogP contribution in [0.1, 0.15) is 24.6 Å². The number of para-hydroxylation sites is 3. The maximum atomic E-state index is 4.94. The number of rotatable bonds is 2. The number of nitrogens with one attached hydrogen (secondary N) is 1. The monoisotopic (exact) mass is 277 g/mol. The summed E-state index contributed by atoms with van der Waals surface area (Å²) in [5.41, 5.74) is 3.48. The first-order valence-corrected chi connectivity index (χ1v) is 7.67. The van der Waals surface area contributed by atoms with Crippen molar-refractivity contribution in [3.8, 4) is 5.69 Å². The summed E-state index contributed by atoms with van der Waals surface area (Å²) in [6, 6.07) is 19.0. The van der Waals surface area contributed by atoms with Gasteiger partial charge in [-0.3, -0.25) is 4.57 Å². The average Bonchev–Trinajstić information content (AvgIpc) is 2.96. The fourth-order valence-corrected chi connectivity index (χ4v) is 3.24. The van der Waals surface area contributed by atoms with Gasteiger partial charge in [-0.15, -0.1) is 0 Å². The molecule has 1 atom stereocenters. The van der Waals surface area contributed by atoms with Gasteiger partial charge in [0.2, 0.25) is 0 Å². The fourth-order valence-electron chi connectivity index (χ4n) is 3.24. The van der Waals surface area contributed by atoms with Crippen LogP contribution in [0.25, 0.3) is 16.7 Å². The summed E-state index contributed by atoms with van der Waals surface area (Å²) >= 11 is 0. The molecule has 0 bridgehead atoms. The largest absolute Gasteiger partial charge is 0.316 e. The number of hydrogen-bond donors (Lipinski definition) is 1. The van der Waals surface area contributed by atoms with Gasteiger partial charge in [-0.2, -0.15) is 0 Å². The van der Waals surface area contributed by atoms with Crippen molar-refractivity contribution in [1.29, 1.82) is 0 Å². The number of fused-ring (bicyclic) bond motifs is 1. The fraction of sp³-hybridized carbons (Fsp3) is 0.278. The van der Waals surface area contributed by atoms with Crippen LogP contribution in [0.15, 0.2) is 54.6 Å². The van der Waals surface area contributed by atoms with Crippen molar-refractivity contribution in [2.45, 2.75) is 18.8 Å². The normalized spacial score (nSPS) is 19.0. The van der Waals surface area contributed by atoms with E-state index in [-0.39, 0.29) is 0 Å². The Kier molecular flexibility index (Phi) is 3.20. The Morgan fingerprint density at radius 1 is 1.00 bits per heavy atom. The standard InChI is InChI=1S/C18H19N3/c1-2-8-15(9-3-1)21-17-11-5-4-10-16(17)20-18(21)14-7-6-12-19-13-14/h1-5,8-11,14,19H,6-7,12-13H2. The first-order chi connectivity index (χ1) is 10.4. The molecule has 1 unspecified atom stereocenters. The van der Waals surface area contributed by atoms with Crippen LogP contribution < -0.4 is 5.32 Å². The Balaban J connectivity index is 1.92. The molecule has 3 heteroatoms. The van der Waals surface area contributed by atoms with Gasteiger partial charge in [-0.1, -0.05) is 30.3 Å². The Morgan fingerprint density at radius 3 is 2.62 bits per heavy atom. The second-order valence-electron chi connectivity index (χ2n) is 5.67. The van der Waals surface area contributed by atoms with Crippen molar-refractivity contribution in [2.24, 2.45) is 0 Å². The average molecular weight is 277 g/mol. The van der Waals surface area contributed by atoms with Crippen LogP contribution in [0.5, 0.6) is 0 Å². The van der Waals surface area contributed by atoms with Gasteiger partial charge in [0.25, 0.3) is 0 Å². The van der Waals surface area contributed by atoms with Crippen LogP contribution in [0.4, 0.5) is 0 Å². The topological polar surface area (TPSA) is 29.9 Å². The van der Waals surface area contributed by atoms with Crippen molar-refractivity contribution in [3.63, 3.8) is 0 Å². The van der Waals surface area contributed by atoms with E-state index in [0.29, 0.717) is 5.92 Å². The minimum absolute atomic E-state index is 0.492. The molecule has 0 radical (unpaired) electrons. The molecule has 2 aromatic carbocycles. The molecule has 1 N–H and O–H groups in total. The lowest BCUT2D eigenvalue weighted by Gasteiger charge is -2.23. The van der Waals surface area contributed by atoms with Crippen molar-refractivity contribution in [1.82, 2.24) is 14.9 Å². The van der Waals surface area contributed by atoms with Crippen LogP contribution in [0.2, 0.25) is 0 Å². The smallest absolute Gasteiger partial charge is 0.118 e. The minimum Gasteiger partial charge on any atom is -0.316 e. The van der Waals surface area contributed by atoms with Gasteiger partial charge in [0.05, 0.1) is 11.0 Å². The highest BCUT2D eigenvalue weighted by Gasteiger charge is 2.22. The molecule has 0 amide bonds. The molecule has 106 valence electrons. The molecule has 3 nitrogen and oxygen atoms in total. The Labute approximate surface area is 124 Å². The molecule has 1 aliphatic heterocycles. The predicted molar refractivity (Wildman–Crippen MR) is 85.9 cm³/mol. The second-order valence-corrected chi connectivity index (χ2v) is 5.67. The number of hydrogen-bond acceptors (Lipinski definition) is 2. The summed E-state index contributed by atoms with van der Waals surface area (Å²) in [5.74, 6) is 1.68. The molecule has 2 heterocycles. The summed E-state index contributed by atoms with van der Waals surface area (Å²) < 4.78 is 2.33. The number of imidazole rings is 1. The summed E-state index contributed by atoms with van der Waals surface area (Å²) in [6.45, 7) is 2.15. The quantitative estimate of drug-likeness (QED) is 0.777. The summed E-state index contributed by atoms with van der Waals surface area (Å²) in [5, 5.41) is 3.50. The summed E-state index contributed by atoms with van der Waals surface area (Å²) in [6.07, 6.45) is 2.44. The van der Waals surface area contributed by atoms with Crippen molar-refractivity contribution >= 4 is 11.0 Å². The molecular formula is C18H19N3. The zero-order valence-corrected chi connectivity index (χ0v) is 12.0. The highest BCUT2D eigenvalue weighted by molar-refractivity contribution is 5.78. The summed E-state index contributed by atoms with van der Waals surface area (Å²) in [4.78, 5) is 4.94. The van der Waals surface area contributed by atoms with Crippen LogP contribution in [-0.2, 0) is 0 Å². The molecule has 1 aliphatic rings. The molecule has 1 saturated heterocycles. The van der Waals surface area contributed by atoms with Crippen molar-refractivity contribution in [2.75, 3.05) is 13.1 Å². The van der Waals surface area contributed by atoms with Crippen LogP contribution >= 0.6 is 0 Å². The van der Waals surface area contributed by atoms with Gasteiger partial charge in [-0.05, 0) is 43.7 Å². The molecule has 21 heavy (non-hydrogen) atoms. The Morgan fingerprint density at radius 2 is 1.81 bits per heavy atom. The lowest BCUT2D eigenvalue weighted by molar-refractivity contribution is 0.444. The maximum Gasteiger partial charge on any atom is 0.118 e. The van der Waals surface area contributed by atoms with Gasteiger partial charge in [0, 0.05) is 18.2 Å². The number of aromatic nitrogens is 2. The molecule has 0 aliphatic carbocycles. The molecule has 1 aromatic heterocycles. The van der Waals surface area contributed by atoms with E-state index >= 15 is 0 Å². The highest BCUT2D eigenvalue weighted by Crippen LogP contribution is 2.29. The van der Waals surface area contributed by atoms with Crippen LogP contribution in [-0.4, -0.2) is 22.6 Å². The minimum atomic E-state index is 0.492. The SMILES string of the molecule is c1ccc(-n2c(C3CCCNC3)nc3ccccc32)cc1. The van der Waals surface area contributed by atoms with Gasteiger partial charge >= 0.3 is 0 Å². The first kappa shape index (κ1) is 12.6. The van der Waals surface area contributed by atoms with E-state index in [4.69, 9.17) is 4.98 Å². The molecule has 1 fully saturated rings. The van der Waals surface area contributed by atoms with E-state index in [1.807, 2.05) is 0 Å². The van der Waals surface area contributed by atoms with E-state index in [1.54, 1.807) is 0 Å². The third-order valence-electron chi connectivity index (χ3n) is 4.26. The van der Waals surface area contributed by atoms with E-state index in [1.165, 1.54) is 29.9 Å². The van der Waals surface area contributed by atoms with Crippen molar-refractivity contribution < 1.29 is 0 Å². The molecule has 0 saturated carbocycles. The molecule has 4 rings (SSSR count). The third-order valence-corrected chi connectivity index (χ3v) is 4.26. The lowest BCUT2D eigenvalue weighted by Crippen LogP contribution is -2.29. The number of piperidine rings is 1. The van der Waals surface area contributed by atoms with Gasteiger partial charge in [0.15, 0.2) is 0 Å². The lowest BCUT2D eigenvalue weighted by atomic mass is 9.98. The summed E-state index contributed by atoms with van der Waals surface area (Å²) in [7, 11) is 0. The zero-order valence-electron chi connectivity index (χ0n) is 12.0. The van der Waals surface area contributed by atoms with Crippen molar-refractivity contribution in [3.05, 3.63) is 60.4 Å². The van der Waals surface area contributed by atoms with E-state index in [9.17, 15) is 0 Å². The van der Waals surface area contributed by atoms with Gasteiger partial charge in [0.1, 0.15) is 5.82 Å². The molecule has 0 spiro atoms. The number of benzene rings is 2. The maximum absolute atomic E-state index is 4.94. The van der Waals surface area contributed by atoms with Crippen LogP contribution in [0, 0.1) is 0 Å². The van der Waals surface area contributed by atoms with E-state index in [0.717, 1.165) is 18.6 Å². The first-order valence-electron chi connectivity index (χ1n) is 7.67. The molecular weight excluding hydrogens is 258 g/mol. The van der Waals surface area contributed by atoms with Gasteiger partial charge < -0.3 is 5.32 Å². The Hall–Kier alpha value is -2.13. The predicted octanol–water partition coefficient (Wildman–Crippen LogP) is 3.49. The third kappa shape index (κ3) is 2.24. The van der Waals surface area contributed by atoms with E-state index in [2.05, 4.69) is 64.5 Å². The second kappa shape index (κ2) is 5.34. The number of nitrogens with zero attached hydrogens (tertiary/aromatic N) is 2. The van der Waals surface area contributed by atoms with Gasteiger partial charge in [-0.25, -0.2) is 4.98 Å². The molecule has 3 aromatic rings. The van der Waals surface area contributed by atoms with Crippen LogP contribution in [0.3, 0.4) is 0 Å². The zero-order chi connectivity index (χ0) is 14.1. The Bertz CT molecular complexity index is 740. The van der Waals surface area contributed by atoms with E-state index < -0.39 is 0 Å². The highest BCUT2D eigenvalue weighted by atomic mass is 15.1.